The molecule has 0 bridgehead atoms. The number of hydrogen-bond donors (Lipinski definition) is 2. The van der Waals surface area contributed by atoms with Crippen LogP contribution in [0.5, 0.6) is 0 Å². The average Bonchev–Trinajstić information content (AvgIpc) is 2.91. The van der Waals surface area contributed by atoms with E-state index in [0.29, 0.717) is 0 Å². The zero-order chi connectivity index (χ0) is 15.3. The third-order valence-electron chi connectivity index (χ3n) is 3.40. The minimum Gasteiger partial charge on any atom is -0.385 e. The standard InChI is InChI=1S/C17H21NO2S/c1-13(11-15-9-6-10-21-15)18-16(19)12-17(2,20)14-7-4-3-5-8-14/h3-10,13,20H,11-12H2,1-2H3,(H,18,19). The average molecular weight is 303 g/mol. The van der Waals surface area contributed by atoms with Gasteiger partial charge in [-0.3, -0.25) is 4.79 Å². The summed E-state index contributed by atoms with van der Waals surface area (Å²) < 4.78 is 0. The van der Waals surface area contributed by atoms with Crippen molar-refractivity contribution >= 4 is 17.2 Å². The highest BCUT2D eigenvalue weighted by molar-refractivity contribution is 7.09. The van der Waals surface area contributed by atoms with Crippen LogP contribution in [0.25, 0.3) is 0 Å². The van der Waals surface area contributed by atoms with E-state index >= 15 is 0 Å². The van der Waals surface area contributed by atoms with Crippen molar-refractivity contribution in [1.29, 1.82) is 0 Å². The maximum Gasteiger partial charge on any atom is 0.223 e. The monoisotopic (exact) mass is 303 g/mol. The molecule has 0 aliphatic heterocycles. The van der Waals surface area contributed by atoms with Gasteiger partial charge < -0.3 is 10.4 Å². The van der Waals surface area contributed by atoms with E-state index in [1.54, 1.807) is 18.3 Å². The van der Waals surface area contributed by atoms with Crippen LogP contribution in [-0.4, -0.2) is 17.1 Å². The molecular weight excluding hydrogens is 282 g/mol. The SMILES string of the molecule is CC(Cc1cccs1)NC(=O)CC(C)(O)c1ccccc1. The molecule has 2 atom stereocenters. The fraction of sp³-hybridized carbons (Fsp3) is 0.353. The minimum absolute atomic E-state index is 0.0581. The van der Waals surface area contributed by atoms with Gasteiger partial charge >= 0.3 is 0 Å². The van der Waals surface area contributed by atoms with E-state index in [0.717, 1.165) is 12.0 Å². The maximum atomic E-state index is 12.1. The second-order valence-corrected chi connectivity index (χ2v) is 6.60. The Bertz CT molecular complexity index is 564. The van der Waals surface area contributed by atoms with Gasteiger partial charge in [0.15, 0.2) is 0 Å². The van der Waals surface area contributed by atoms with Crippen molar-refractivity contribution in [2.75, 3.05) is 0 Å². The largest absolute Gasteiger partial charge is 0.385 e. The number of aliphatic hydroxyl groups is 1. The molecule has 1 aromatic heterocycles. The summed E-state index contributed by atoms with van der Waals surface area (Å²) >= 11 is 1.69. The topological polar surface area (TPSA) is 49.3 Å². The Hall–Kier alpha value is -1.65. The van der Waals surface area contributed by atoms with Gasteiger partial charge in [-0.25, -0.2) is 0 Å². The van der Waals surface area contributed by atoms with Gasteiger partial charge in [-0.2, -0.15) is 0 Å². The highest BCUT2D eigenvalue weighted by Crippen LogP contribution is 2.24. The molecule has 112 valence electrons. The molecular formula is C17H21NO2S. The summed E-state index contributed by atoms with van der Waals surface area (Å²) in [5, 5.41) is 15.5. The zero-order valence-corrected chi connectivity index (χ0v) is 13.2. The highest BCUT2D eigenvalue weighted by atomic mass is 32.1. The van der Waals surface area contributed by atoms with E-state index in [4.69, 9.17) is 0 Å². The van der Waals surface area contributed by atoms with Crippen LogP contribution < -0.4 is 5.32 Å². The van der Waals surface area contributed by atoms with Crippen molar-refractivity contribution in [3.63, 3.8) is 0 Å². The summed E-state index contributed by atoms with van der Waals surface area (Å²) in [6.07, 6.45) is 0.878. The molecule has 0 fully saturated rings. The molecule has 4 heteroatoms. The molecule has 0 aliphatic carbocycles. The third-order valence-corrected chi connectivity index (χ3v) is 4.29. The van der Waals surface area contributed by atoms with Crippen molar-refractivity contribution in [3.8, 4) is 0 Å². The van der Waals surface area contributed by atoms with Crippen molar-refractivity contribution in [2.24, 2.45) is 0 Å². The molecule has 2 N–H and O–H groups in total. The third kappa shape index (κ3) is 4.69. The Morgan fingerprint density at radius 2 is 2.00 bits per heavy atom. The summed E-state index contributed by atoms with van der Waals surface area (Å²) in [5.74, 6) is -0.132. The van der Waals surface area contributed by atoms with Gasteiger partial charge in [0.05, 0.1) is 12.0 Å². The summed E-state index contributed by atoms with van der Waals surface area (Å²) in [4.78, 5) is 13.4. The Morgan fingerprint density at radius 3 is 2.62 bits per heavy atom. The normalized spacial score (nSPS) is 15.2. The summed E-state index contributed by atoms with van der Waals surface area (Å²) in [6, 6.07) is 13.4. The molecule has 1 heterocycles. The van der Waals surface area contributed by atoms with Gasteiger partial charge in [0.1, 0.15) is 0 Å². The second-order valence-electron chi connectivity index (χ2n) is 5.57. The van der Waals surface area contributed by atoms with E-state index in [1.165, 1.54) is 4.88 Å². The first-order valence-electron chi connectivity index (χ1n) is 7.07. The molecule has 0 spiro atoms. The van der Waals surface area contributed by atoms with Crippen LogP contribution in [0.1, 0.15) is 30.7 Å². The summed E-state index contributed by atoms with van der Waals surface area (Å²) in [7, 11) is 0. The van der Waals surface area contributed by atoms with E-state index in [1.807, 2.05) is 48.7 Å². The van der Waals surface area contributed by atoms with Gasteiger partial charge in [0, 0.05) is 17.3 Å². The Kier molecular flexibility index (Phi) is 5.15. The molecule has 3 nitrogen and oxygen atoms in total. The Labute approximate surface area is 129 Å². The fourth-order valence-corrected chi connectivity index (χ4v) is 3.15. The highest BCUT2D eigenvalue weighted by Gasteiger charge is 2.26. The van der Waals surface area contributed by atoms with Crippen LogP contribution in [0.3, 0.4) is 0 Å². The Morgan fingerprint density at radius 1 is 1.29 bits per heavy atom. The van der Waals surface area contributed by atoms with Crippen LogP contribution in [0, 0.1) is 0 Å². The van der Waals surface area contributed by atoms with Crippen molar-refractivity contribution in [2.45, 2.75) is 38.3 Å². The van der Waals surface area contributed by atoms with E-state index in [9.17, 15) is 9.90 Å². The maximum absolute atomic E-state index is 12.1. The van der Waals surface area contributed by atoms with Gasteiger partial charge in [-0.05, 0) is 30.9 Å². The summed E-state index contributed by atoms with van der Waals surface area (Å²) in [6.45, 7) is 3.65. The Balaban J connectivity index is 1.89. The van der Waals surface area contributed by atoms with E-state index < -0.39 is 5.60 Å². The number of thiophene rings is 1. The van der Waals surface area contributed by atoms with Gasteiger partial charge in [0.25, 0.3) is 0 Å². The second kappa shape index (κ2) is 6.87. The van der Waals surface area contributed by atoms with Crippen LogP contribution in [0.2, 0.25) is 0 Å². The van der Waals surface area contributed by atoms with Crippen LogP contribution >= 0.6 is 11.3 Å². The lowest BCUT2D eigenvalue weighted by Gasteiger charge is -2.24. The van der Waals surface area contributed by atoms with Gasteiger partial charge in [-0.1, -0.05) is 36.4 Å². The molecule has 2 aromatic rings. The van der Waals surface area contributed by atoms with Gasteiger partial charge in [-0.15, -0.1) is 11.3 Å². The van der Waals surface area contributed by atoms with E-state index in [2.05, 4.69) is 11.4 Å². The quantitative estimate of drug-likeness (QED) is 0.861. The van der Waals surface area contributed by atoms with Crippen molar-refractivity contribution < 1.29 is 9.90 Å². The van der Waals surface area contributed by atoms with Crippen molar-refractivity contribution in [3.05, 3.63) is 58.3 Å². The molecule has 1 aromatic carbocycles. The zero-order valence-electron chi connectivity index (χ0n) is 12.4. The molecule has 2 rings (SSSR count). The number of nitrogens with one attached hydrogen (secondary N) is 1. The molecule has 21 heavy (non-hydrogen) atoms. The predicted molar refractivity (Wildman–Crippen MR) is 86.3 cm³/mol. The van der Waals surface area contributed by atoms with Crippen LogP contribution in [-0.2, 0) is 16.8 Å². The number of benzene rings is 1. The summed E-state index contributed by atoms with van der Waals surface area (Å²) in [5.41, 5.74) is -0.389. The first kappa shape index (κ1) is 15.7. The number of hydrogen-bond acceptors (Lipinski definition) is 3. The van der Waals surface area contributed by atoms with Crippen LogP contribution in [0.15, 0.2) is 47.8 Å². The first-order chi connectivity index (χ1) is 9.97. The molecule has 2 unspecified atom stereocenters. The smallest absolute Gasteiger partial charge is 0.223 e. The van der Waals surface area contributed by atoms with Gasteiger partial charge in [0.2, 0.25) is 5.91 Å². The molecule has 0 saturated heterocycles. The van der Waals surface area contributed by atoms with Crippen molar-refractivity contribution in [1.82, 2.24) is 5.32 Å². The van der Waals surface area contributed by atoms with E-state index in [-0.39, 0.29) is 18.4 Å². The number of rotatable bonds is 6. The molecule has 0 radical (unpaired) electrons. The number of amides is 1. The molecule has 0 saturated carbocycles. The lowest BCUT2D eigenvalue weighted by Crippen LogP contribution is -2.38. The fourth-order valence-electron chi connectivity index (χ4n) is 2.32. The lowest BCUT2D eigenvalue weighted by atomic mass is 9.92. The first-order valence-corrected chi connectivity index (χ1v) is 7.95. The molecule has 0 aliphatic rings. The number of carbonyl (C=O) groups excluding carboxylic acids is 1. The minimum atomic E-state index is -1.14. The lowest BCUT2D eigenvalue weighted by molar-refractivity contribution is -0.126. The number of carbonyl (C=O) groups is 1. The molecule has 1 amide bonds. The van der Waals surface area contributed by atoms with Crippen LogP contribution in [0.4, 0.5) is 0 Å². The predicted octanol–water partition coefficient (Wildman–Crippen LogP) is 3.09.